The van der Waals surface area contributed by atoms with Crippen molar-refractivity contribution < 1.29 is 28.8 Å². The number of para-hydroxylation sites is 2. The van der Waals surface area contributed by atoms with Gasteiger partial charge in [0, 0.05) is 98.5 Å². The Morgan fingerprint density at radius 1 is 0.622 bits per heavy atom. The van der Waals surface area contributed by atoms with Crippen LogP contribution in [-0.4, -0.2) is 120 Å². The molecule has 0 saturated carbocycles. The lowest BCUT2D eigenvalue weighted by atomic mass is 9.92. The van der Waals surface area contributed by atoms with E-state index in [-0.39, 0.29) is 51.6 Å². The number of aromatic nitrogens is 4. The van der Waals surface area contributed by atoms with Crippen LogP contribution in [0.1, 0.15) is 52.9 Å². The first-order valence-electron chi connectivity index (χ1n) is 25.4. The summed E-state index contributed by atoms with van der Waals surface area (Å²) in [4.78, 5) is 105. The number of nitrogens with one attached hydrogen (secondary N) is 7. The average molecular weight is 999 g/mol. The molecule has 74 heavy (non-hydrogen) atoms. The fraction of sp³-hybridized carbons (Fsp3) is 0.339. The summed E-state index contributed by atoms with van der Waals surface area (Å²) in [5.41, 5.74) is 12.3. The maximum absolute atomic E-state index is 15.3. The Balaban J connectivity index is 1.04. The summed E-state index contributed by atoms with van der Waals surface area (Å²) in [6.45, 7) is 1.04. The van der Waals surface area contributed by atoms with Crippen LogP contribution in [0.5, 0.6) is 0 Å². The zero-order chi connectivity index (χ0) is 51.3. The lowest BCUT2D eigenvalue weighted by molar-refractivity contribution is -0.150. The van der Waals surface area contributed by atoms with Gasteiger partial charge in [0.2, 0.25) is 35.4 Å². The number of hydrogen-bond donors (Lipinski definition) is 8. The van der Waals surface area contributed by atoms with Crippen LogP contribution >= 0.6 is 0 Å². The molecule has 7 atom stereocenters. The molecule has 0 unspecified atom stereocenters. The molecular weight excluding hydrogens is 937 g/mol. The molecule has 18 nitrogen and oxygen atoms in total. The fourth-order valence-electron chi connectivity index (χ4n) is 10.8. The number of aryl methyl sites for hydroxylation is 1. The Morgan fingerprint density at radius 3 is 1.82 bits per heavy atom. The summed E-state index contributed by atoms with van der Waals surface area (Å²) in [5, 5.41) is 17.1. The summed E-state index contributed by atoms with van der Waals surface area (Å²) in [6.07, 6.45) is 8.13. The van der Waals surface area contributed by atoms with Crippen LogP contribution in [0, 0.1) is 0 Å². The smallest absolute Gasteiger partial charge is 0.246 e. The van der Waals surface area contributed by atoms with Crippen LogP contribution in [0.25, 0.3) is 21.8 Å². The molecule has 9 N–H and O–H groups in total. The molecule has 3 aliphatic heterocycles. The second-order valence-electron chi connectivity index (χ2n) is 19.8. The van der Waals surface area contributed by atoms with Gasteiger partial charge in [0.1, 0.15) is 42.1 Å². The molecule has 6 heterocycles. The Labute approximate surface area is 428 Å². The Kier molecular flexibility index (Phi) is 14.7. The van der Waals surface area contributed by atoms with Gasteiger partial charge in [-0.2, -0.15) is 0 Å². The molecule has 2 saturated heterocycles. The van der Waals surface area contributed by atoms with Crippen LogP contribution in [-0.2, 0) is 74.6 Å². The molecule has 4 aromatic carbocycles. The van der Waals surface area contributed by atoms with E-state index in [0.717, 1.165) is 55.4 Å². The van der Waals surface area contributed by atoms with E-state index >= 15 is 28.8 Å². The third kappa shape index (κ3) is 10.8. The molecule has 2 fully saturated rings. The van der Waals surface area contributed by atoms with Crippen LogP contribution in [0.4, 0.5) is 0 Å². The van der Waals surface area contributed by atoms with Crippen molar-refractivity contribution in [2.45, 2.75) is 100 Å². The maximum Gasteiger partial charge on any atom is 0.246 e. The highest BCUT2D eigenvalue weighted by Gasteiger charge is 2.46. The minimum Gasteiger partial charge on any atom is -0.361 e. The highest BCUT2D eigenvalue weighted by molar-refractivity contribution is 5.99. The quantitative estimate of drug-likeness (QED) is 0.0839. The van der Waals surface area contributed by atoms with E-state index in [1.807, 2.05) is 121 Å². The van der Waals surface area contributed by atoms with Gasteiger partial charge in [0.25, 0.3) is 0 Å². The fourth-order valence-corrected chi connectivity index (χ4v) is 10.8. The molecular formula is C56H62N12O6. The zero-order valence-electron chi connectivity index (χ0n) is 41.3. The van der Waals surface area contributed by atoms with Gasteiger partial charge in [-0.25, -0.2) is 4.98 Å². The molecule has 3 aromatic heterocycles. The summed E-state index contributed by atoms with van der Waals surface area (Å²) in [7, 11) is 1.91. The number of nitrogens with zero attached hydrogens (tertiary/aromatic N) is 4. The van der Waals surface area contributed by atoms with Gasteiger partial charge >= 0.3 is 0 Å². The summed E-state index contributed by atoms with van der Waals surface area (Å²) >= 11 is 0. The zero-order valence-corrected chi connectivity index (χ0v) is 41.3. The molecule has 6 amide bonds. The number of rotatable bonds is 12. The van der Waals surface area contributed by atoms with Crippen molar-refractivity contribution in [3.8, 4) is 0 Å². The Bertz CT molecular complexity index is 3180. The van der Waals surface area contributed by atoms with Gasteiger partial charge in [-0.15, -0.1) is 0 Å². The molecule has 18 heteroatoms. The number of imidazole rings is 1. The Hall–Kier alpha value is -8.09. The Morgan fingerprint density at radius 2 is 1.19 bits per heavy atom. The van der Waals surface area contributed by atoms with Gasteiger partial charge in [0.05, 0.1) is 6.54 Å². The van der Waals surface area contributed by atoms with Crippen LogP contribution in [0.2, 0.25) is 0 Å². The first-order chi connectivity index (χ1) is 36.0. The number of hydrogen-bond acceptors (Lipinski definition) is 9. The van der Waals surface area contributed by atoms with Crippen molar-refractivity contribution in [1.82, 2.24) is 55.9 Å². The standard InChI is InChI=1S/C56H62N12O6/c1-66-23-22-59-50(66)31-58-21-11-20-44-55(73)68-33-39(57)28-49(68)56(74)67-32-36-15-6-5-14-35(36)27-48(67)54(72)65-47(26-38-30-61-43-19-10-8-17-41(38)43)53(71)63-45(24-34-12-3-2-4-13-34)51(69)64-46(52(70)62-44)25-37-29-60-42-18-9-7-16-40(37)42/h2-10,12-19,22-23,29-30,39,44-49,58,60-61H,11,20-21,24-28,31-33,57H2,1H3,(H,62,70)(H,63,71)(H,64,69)(H,65,72)/t39-,44+,45-,46+,47+,48+,49-/m1/s1. The van der Waals surface area contributed by atoms with Gasteiger partial charge in [-0.05, 0) is 65.8 Å². The molecule has 3 aliphatic rings. The predicted octanol–water partition coefficient (Wildman–Crippen LogP) is 2.82. The van der Waals surface area contributed by atoms with E-state index in [0.29, 0.717) is 19.5 Å². The van der Waals surface area contributed by atoms with Crippen LogP contribution < -0.4 is 32.3 Å². The topological polar surface area (TPSA) is 244 Å². The van der Waals surface area contributed by atoms with Gasteiger partial charge in [0.15, 0.2) is 0 Å². The minimum atomic E-state index is -1.25. The first kappa shape index (κ1) is 49.5. The molecule has 7 aromatic rings. The highest BCUT2D eigenvalue weighted by atomic mass is 16.2. The number of amides is 6. The third-order valence-electron chi connectivity index (χ3n) is 14.8. The average Bonchev–Trinajstić information content (AvgIpc) is 4.23. The predicted molar refractivity (Wildman–Crippen MR) is 279 cm³/mol. The number of carbonyl (C=O) groups is 6. The van der Waals surface area contributed by atoms with Crippen molar-refractivity contribution >= 4 is 57.2 Å². The maximum atomic E-state index is 15.3. The first-order valence-corrected chi connectivity index (χ1v) is 25.4. The van der Waals surface area contributed by atoms with Gasteiger partial charge in [-0.3, -0.25) is 28.8 Å². The molecule has 382 valence electrons. The van der Waals surface area contributed by atoms with Gasteiger partial charge in [-0.1, -0.05) is 91.0 Å². The van der Waals surface area contributed by atoms with E-state index in [2.05, 4.69) is 41.5 Å². The molecule has 0 aliphatic carbocycles. The number of H-pyrrole nitrogens is 2. The van der Waals surface area contributed by atoms with Crippen LogP contribution in [0.15, 0.2) is 128 Å². The number of benzene rings is 4. The van der Waals surface area contributed by atoms with Crippen molar-refractivity contribution in [1.29, 1.82) is 0 Å². The summed E-state index contributed by atoms with van der Waals surface area (Å²) in [5.74, 6) is -2.62. The molecule has 0 spiro atoms. The minimum absolute atomic E-state index is 0.0203. The van der Waals surface area contributed by atoms with Crippen LogP contribution in [0.3, 0.4) is 0 Å². The van der Waals surface area contributed by atoms with E-state index in [4.69, 9.17) is 5.73 Å². The number of carbonyl (C=O) groups excluding carboxylic acids is 6. The number of aromatic amines is 2. The largest absolute Gasteiger partial charge is 0.361 e. The van der Waals surface area contributed by atoms with E-state index in [1.165, 1.54) is 9.80 Å². The van der Waals surface area contributed by atoms with Crippen molar-refractivity contribution in [3.05, 3.63) is 162 Å². The van der Waals surface area contributed by atoms with Crippen molar-refractivity contribution in [3.63, 3.8) is 0 Å². The number of fused-ring (bicyclic) bond motifs is 5. The molecule has 0 radical (unpaired) electrons. The molecule has 10 rings (SSSR count). The van der Waals surface area contributed by atoms with E-state index in [1.54, 1.807) is 18.6 Å². The molecule has 0 bridgehead atoms. The monoisotopic (exact) mass is 998 g/mol. The third-order valence-corrected chi connectivity index (χ3v) is 14.8. The number of nitrogens with two attached hydrogens (primary N) is 1. The highest BCUT2D eigenvalue weighted by Crippen LogP contribution is 2.29. The van der Waals surface area contributed by atoms with Crippen molar-refractivity contribution in [2.24, 2.45) is 12.8 Å². The van der Waals surface area contributed by atoms with Crippen molar-refractivity contribution in [2.75, 3.05) is 13.1 Å². The van der Waals surface area contributed by atoms with Gasteiger partial charge < -0.3 is 56.7 Å². The van der Waals surface area contributed by atoms with E-state index in [9.17, 15) is 0 Å². The lowest BCUT2D eigenvalue weighted by Crippen LogP contribution is -2.63. The summed E-state index contributed by atoms with van der Waals surface area (Å²) in [6, 6.07) is 24.5. The second kappa shape index (κ2) is 21.9. The SMILES string of the molecule is Cn1ccnc1CNCCC[C@@H]1NC(=O)[C@H](Cc2c[nH]c3ccccc23)NC(=O)[C@@H](Cc2ccccc2)NC(=O)[C@H](Cc2c[nH]c3ccccc23)NC(=O)[C@@H]2Cc3ccccc3CN2C(=O)[C@H]2C[C@@H](N)CN2C1=O. The summed E-state index contributed by atoms with van der Waals surface area (Å²) < 4.78 is 1.91. The lowest BCUT2D eigenvalue weighted by Gasteiger charge is -2.40. The second-order valence-corrected chi connectivity index (χ2v) is 19.8. The normalized spacial score (nSPS) is 23.1. The van der Waals surface area contributed by atoms with E-state index < -0.39 is 77.7 Å².